The zero-order valence-corrected chi connectivity index (χ0v) is 12.7. The SMILES string of the molecule is C=CCNC(=O)C(C)N(C)CC(=O)Nc1cccc(C)n1. The lowest BCUT2D eigenvalue weighted by Crippen LogP contribution is -2.46. The number of anilines is 1. The Morgan fingerprint density at radius 2 is 2.19 bits per heavy atom. The number of nitrogens with zero attached hydrogens (tertiary/aromatic N) is 2. The molecular formula is C15H22N4O2. The molecule has 0 saturated heterocycles. The van der Waals surface area contributed by atoms with Gasteiger partial charge in [-0.25, -0.2) is 4.98 Å². The van der Waals surface area contributed by atoms with Crippen molar-refractivity contribution in [1.82, 2.24) is 15.2 Å². The molecule has 0 radical (unpaired) electrons. The van der Waals surface area contributed by atoms with Crippen LogP contribution in [0.3, 0.4) is 0 Å². The number of rotatable bonds is 7. The Balaban J connectivity index is 2.49. The van der Waals surface area contributed by atoms with Gasteiger partial charge in [0.2, 0.25) is 11.8 Å². The molecule has 1 atom stereocenters. The maximum Gasteiger partial charge on any atom is 0.239 e. The maximum absolute atomic E-state index is 11.9. The van der Waals surface area contributed by atoms with Gasteiger partial charge >= 0.3 is 0 Å². The van der Waals surface area contributed by atoms with Crippen LogP contribution < -0.4 is 10.6 Å². The first-order valence-electron chi connectivity index (χ1n) is 6.76. The second-order valence-corrected chi connectivity index (χ2v) is 4.84. The Hall–Kier alpha value is -2.21. The molecular weight excluding hydrogens is 268 g/mol. The molecule has 0 fully saturated rings. The van der Waals surface area contributed by atoms with E-state index < -0.39 is 6.04 Å². The fourth-order valence-electron chi connectivity index (χ4n) is 1.68. The van der Waals surface area contributed by atoms with Crippen molar-refractivity contribution in [3.8, 4) is 0 Å². The summed E-state index contributed by atoms with van der Waals surface area (Å²) >= 11 is 0. The first-order chi connectivity index (χ1) is 9.93. The van der Waals surface area contributed by atoms with Crippen LogP contribution in [0.25, 0.3) is 0 Å². The standard InChI is InChI=1S/C15H22N4O2/c1-5-9-16-15(21)12(3)19(4)10-14(20)18-13-8-6-7-11(2)17-13/h5-8,12H,1,9-10H2,2-4H3,(H,16,21)(H,17,18,20). The van der Waals surface area contributed by atoms with E-state index in [0.29, 0.717) is 12.4 Å². The zero-order chi connectivity index (χ0) is 15.8. The summed E-state index contributed by atoms with van der Waals surface area (Å²) in [6, 6.07) is 5.01. The molecule has 1 aromatic rings. The fraction of sp³-hybridized carbons (Fsp3) is 0.400. The number of carbonyl (C=O) groups is 2. The largest absolute Gasteiger partial charge is 0.351 e. The van der Waals surface area contributed by atoms with Crippen LogP contribution in [0.1, 0.15) is 12.6 Å². The highest BCUT2D eigenvalue weighted by molar-refractivity contribution is 5.92. The van der Waals surface area contributed by atoms with Crippen molar-refractivity contribution in [3.63, 3.8) is 0 Å². The third kappa shape index (κ3) is 5.74. The molecule has 1 heterocycles. The third-order valence-corrected chi connectivity index (χ3v) is 3.01. The molecule has 2 N–H and O–H groups in total. The lowest BCUT2D eigenvalue weighted by Gasteiger charge is -2.22. The van der Waals surface area contributed by atoms with Crippen molar-refractivity contribution in [3.05, 3.63) is 36.5 Å². The lowest BCUT2D eigenvalue weighted by molar-refractivity contribution is -0.126. The van der Waals surface area contributed by atoms with Crippen LogP contribution in [0, 0.1) is 6.92 Å². The Kier molecular flexibility index (Phi) is 6.55. The number of nitrogens with one attached hydrogen (secondary N) is 2. The number of aromatic nitrogens is 1. The quantitative estimate of drug-likeness (QED) is 0.733. The van der Waals surface area contributed by atoms with Gasteiger partial charge in [-0.2, -0.15) is 0 Å². The minimum absolute atomic E-state index is 0.109. The van der Waals surface area contributed by atoms with Gasteiger partial charge in [0.15, 0.2) is 0 Å². The first-order valence-corrected chi connectivity index (χ1v) is 6.76. The van der Waals surface area contributed by atoms with E-state index in [1.807, 2.05) is 19.1 Å². The van der Waals surface area contributed by atoms with Crippen molar-refractivity contribution in [2.24, 2.45) is 0 Å². The van der Waals surface area contributed by atoms with E-state index in [2.05, 4.69) is 22.2 Å². The Bertz CT molecular complexity index is 516. The maximum atomic E-state index is 11.9. The predicted molar refractivity (Wildman–Crippen MR) is 82.9 cm³/mol. The van der Waals surface area contributed by atoms with Crippen molar-refractivity contribution in [2.45, 2.75) is 19.9 Å². The molecule has 0 aliphatic carbocycles. The number of pyridine rings is 1. The summed E-state index contributed by atoms with van der Waals surface area (Å²) in [4.78, 5) is 29.6. The number of likely N-dealkylation sites (N-methyl/N-ethyl adjacent to an activating group) is 1. The second-order valence-electron chi connectivity index (χ2n) is 4.84. The number of amides is 2. The molecule has 1 aromatic heterocycles. The van der Waals surface area contributed by atoms with Crippen LogP contribution in [0.5, 0.6) is 0 Å². The second kappa shape index (κ2) is 8.16. The topological polar surface area (TPSA) is 74.3 Å². The highest BCUT2D eigenvalue weighted by Gasteiger charge is 2.19. The Labute approximate surface area is 125 Å². The van der Waals surface area contributed by atoms with E-state index in [0.717, 1.165) is 5.69 Å². The average molecular weight is 290 g/mol. The van der Waals surface area contributed by atoms with Crippen LogP contribution in [-0.4, -0.2) is 47.9 Å². The molecule has 1 unspecified atom stereocenters. The minimum atomic E-state index is -0.402. The lowest BCUT2D eigenvalue weighted by atomic mass is 10.2. The summed E-state index contributed by atoms with van der Waals surface area (Å²) in [7, 11) is 1.72. The van der Waals surface area contributed by atoms with Crippen LogP contribution in [0.15, 0.2) is 30.9 Å². The van der Waals surface area contributed by atoms with Gasteiger partial charge in [-0.05, 0) is 33.0 Å². The summed E-state index contributed by atoms with van der Waals surface area (Å²) in [5.74, 6) is 0.162. The van der Waals surface area contributed by atoms with Crippen molar-refractivity contribution in [1.29, 1.82) is 0 Å². The summed E-state index contributed by atoms with van der Waals surface area (Å²) < 4.78 is 0. The van der Waals surface area contributed by atoms with Gasteiger partial charge in [0.25, 0.3) is 0 Å². The molecule has 0 aliphatic rings. The van der Waals surface area contributed by atoms with Gasteiger partial charge in [0.05, 0.1) is 12.6 Å². The van der Waals surface area contributed by atoms with E-state index in [-0.39, 0.29) is 18.4 Å². The summed E-state index contributed by atoms with van der Waals surface area (Å²) in [5, 5.41) is 5.41. The minimum Gasteiger partial charge on any atom is -0.351 e. The predicted octanol–water partition coefficient (Wildman–Crippen LogP) is 0.951. The normalized spacial score (nSPS) is 11.8. The molecule has 0 spiro atoms. The average Bonchev–Trinajstić information content (AvgIpc) is 2.43. The highest BCUT2D eigenvalue weighted by atomic mass is 16.2. The Morgan fingerprint density at radius 3 is 2.81 bits per heavy atom. The fourth-order valence-corrected chi connectivity index (χ4v) is 1.68. The van der Waals surface area contributed by atoms with E-state index >= 15 is 0 Å². The molecule has 1 rings (SSSR count). The first kappa shape index (κ1) is 16.8. The summed E-state index contributed by atoms with van der Waals surface area (Å²) in [5.41, 5.74) is 0.832. The van der Waals surface area contributed by atoms with Gasteiger partial charge in [-0.3, -0.25) is 14.5 Å². The van der Waals surface area contributed by atoms with Gasteiger partial charge < -0.3 is 10.6 Å². The molecule has 114 valence electrons. The van der Waals surface area contributed by atoms with Gasteiger partial charge in [0.1, 0.15) is 5.82 Å². The van der Waals surface area contributed by atoms with Gasteiger partial charge in [-0.15, -0.1) is 6.58 Å². The molecule has 6 nitrogen and oxygen atoms in total. The molecule has 21 heavy (non-hydrogen) atoms. The van der Waals surface area contributed by atoms with E-state index in [9.17, 15) is 9.59 Å². The van der Waals surface area contributed by atoms with Crippen molar-refractivity contribution in [2.75, 3.05) is 25.5 Å². The van der Waals surface area contributed by atoms with E-state index in [1.165, 1.54) is 0 Å². The number of hydrogen-bond donors (Lipinski definition) is 2. The van der Waals surface area contributed by atoms with Crippen LogP contribution in [0.4, 0.5) is 5.82 Å². The molecule has 0 bridgehead atoms. The van der Waals surface area contributed by atoms with E-state index in [4.69, 9.17) is 0 Å². The smallest absolute Gasteiger partial charge is 0.239 e. The summed E-state index contributed by atoms with van der Waals surface area (Å²) in [6.07, 6.45) is 1.61. The number of carbonyl (C=O) groups excluding carboxylic acids is 2. The molecule has 6 heteroatoms. The summed E-state index contributed by atoms with van der Waals surface area (Å²) in [6.45, 7) is 7.66. The third-order valence-electron chi connectivity index (χ3n) is 3.01. The molecule has 0 aliphatic heterocycles. The molecule has 2 amide bonds. The van der Waals surface area contributed by atoms with Crippen LogP contribution in [-0.2, 0) is 9.59 Å². The number of hydrogen-bond acceptors (Lipinski definition) is 4. The Morgan fingerprint density at radius 1 is 1.48 bits per heavy atom. The van der Waals surface area contributed by atoms with Crippen molar-refractivity contribution < 1.29 is 9.59 Å². The van der Waals surface area contributed by atoms with Crippen LogP contribution >= 0.6 is 0 Å². The highest BCUT2D eigenvalue weighted by Crippen LogP contribution is 2.04. The molecule has 0 aromatic carbocycles. The van der Waals surface area contributed by atoms with Gasteiger partial charge in [-0.1, -0.05) is 12.1 Å². The number of aryl methyl sites for hydroxylation is 1. The van der Waals surface area contributed by atoms with Crippen LogP contribution in [0.2, 0.25) is 0 Å². The zero-order valence-electron chi connectivity index (χ0n) is 12.7. The van der Waals surface area contributed by atoms with Gasteiger partial charge in [0, 0.05) is 12.2 Å². The monoisotopic (exact) mass is 290 g/mol. The molecule has 0 saturated carbocycles. The van der Waals surface area contributed by atoms with Crippen molar-refractivity contribution >= 4 is 17.6 Å². The van der Waals surface area contributed by atoms with E-state index in [1.54, 1.807) is 31.0 Å².